The van der Waals surface area contributed by atoms with Crippen molar-refractivity contribution in [1.82, 2.24) is 4.98 Å². The van der Waals surface area contributed by atoms with Crippen molar-refractivity contribution in [3.8, 4) is 0 Å². The van der Waals surface area contributed by atoms with E-state index >= 15 is 0 Å². The molecule has 1 aromatic carbocycles. The molecule has 20 heavy (non-hydrogen) atoms. The van der Waals surface area contributed by atoms with Crippen LogP contribution in [0, 0.1) is 0 Å². The highest BCUT2D eigenvalue weighted by molar-refractivity contribution is 9.10. The van der Waals surface area contributed by atoms with E-state index in [2.05, 4.69) is 26.2 Å². The third-order valence-corrected chi connectivity index (χ3v) is 3.39. The summed E-state index contributed by atoms with van der Waals surface area (Å²) >= 11 is 9.26. The first kappa shape index (κ1) is 14.6. The molecule has 3 N–H and O–H groups in total. The van der Waals surface area contributed by atoms with Crippen molar-refractivity contribution in [2.75, 3.05) is 18.2 Å². The molecular weight excluding hydrogens is 346 g/mol. The number of methoxy groups -OCH3 is 1. The molecule has 0 radical (unpaired) electrons. The van der Waals surface area contributed by atoms with Gasteiger partial charge in [-0.05, 0) is 40.2 Å². The molecule has 5 nitrogen and oxygen atoms in total. The molecule has 0 saturated heterocycles. The van der Waals surface area contributed by atoms with Crippen LogP contribution < -0.4 is 11.1 Å². The van der Waals surface area contributed by atoms with Crippen molar-refractivity contribution >= 4 is 50.7 Å². The number of rotatable bonds is 3. The van der Waals surface area contributed by atoms with Crippen molar-refractivity contribution in [2.24, 2.45) is 0 Å². The summed E-state index contributed by atoms with van der Waals surface area (Å²) in [7, 11) is 1.30. The van der Waals surface area contributed by atoms with E-state index in [9.17, 15) is 4.79 Å². The van der Waals surface area contributed by atoms with E-state index in [1.165, 1.54) is 19.4 Å². The number of esters is 1. The molecule has 1 aromatic heterocycles. The number of hydrogen-bond acceptors (Lipinski definition) is 5. The first-order valence-corrected chi connectivity index (χ1v) is 6.74. The van der Waals surface area contributed by atoms with Gasteiger partial charge in [0.2, 0.25) is 0 Å². The van der Waals surface area contributed by atoms with Crippen molar-refractivity contribution in [2.45, 2.75) is 0 Å². The highest BCUT2D eigenvalue weighted by Gasteiger charge is 2.15. The molecule has 104 valence electrons. The zero-order valence-electron chi connectivity index (χ0n) is 10.5. The fourth-order valence-electron chi connectivity index (χ4n) is 1.56. The second-order valence-electron chi connectivity index (χ2n) is 3.91. The van der Waals surface area contributed by atoms with Gasteiger partial charge in [-0.3, -0.25) is 0 Å². The summed E-state index contributed by atoms with van der Waals surface area (Å²) in [6, 6.07) is 6.74. The van der Waals surface area contributed by atoms with Crippen LogP contribution in [-0.4, -0.2) is 18.1 Å². The number of nitrogens with two attached hydrogens (primary N) is 1. The van der Waals surface area contributed by atoms with Gasteiger partial charge < -0.3 is 15.8 Å². The number of hydrogen-bond donors (Lipinski definition) is 2. The van der Waals surface area contributed by atoms with E-state index in [0.717, 1.165) is 10.2 Å². The maximum absolute atomic E-state index is 11.7. The van der Waals surface area contributed by atoms with Gasteiger partial charge in [-0.2, -0.15) is 0 Å². The predicted molar refractivity (Wildman–Crippen MR) is 82.4 cm³/mol. The normalized spacial score (nSPS) is 10.2. The van der Waals surface area contributed by atoms with Crippen LogP contribution in [0.2, 0.25) is 5.02 Å². The maximum Gasteiger partial charge on any atom is 0.341 e. The molecule has 1 heterocycles. The SMILES string of the molecule is COC(=O)c1cc(N)cnc1Nc1ccc(Cl)cc1Br. The lowest BCUT2D eigenvalue weighted by Crippen LogP contribution is -2.08. The molecule has 0 aliphatic carbocycles. The molecule has 7 heteroatoms. The average Bonchev–Trinajstić information content (AvgIpc) is 2.42. The van der Waals surface area contributed by atoms with E-state index in [-0.39, 0.29) is 5.56 Å². The Kier molecular flexibility index (Phi) is 4.46. The van der Waals surface area contributed by atoms with Crippen molar-refractivity contribution in [1.29, 1.82) is 0 Å². The maximum atomic E-state index is 11.7. The minimum Gasteiger partial charge on any atom is -0.465 e. The Hall–Kier alpha value is -1.79. The predicted octanol–water partition coefficient (Wildman–Crippen LogP) is 3.61. The summed E-state index contributed by atoms with van der Waals surface area (Å²) < 4.78 is 5.46. The van der Waals surface area contributed by atoms with Gasteiger partial charge in [0.15, 0.2) is 0 Å². The van der Waals surface area contributed by atoms with Crippen molar-refractivity contribution < 1.29 is 9.53 Å². The standard InChI is InChI=1S/C13H11BrClN3O2/c1-20-13(19)9-5-8(16)6-17-12(9)18-11-3-2-7(15)4-10(11)14/h2-6H,16H2,1H3,(H,17,18). The number of benzene rings is 1. The lowest BCUT2D eigenvalue weighted by molar-refractivity contribution is 0.0601. The molecular formula is C13H11BrClN3O2. The summed E-state index contributed by atoms with van der Waals surface area (Å²) in [4.78, 5) is 15.8. The summed E-state index contributed by atoms with van der Waals surface area (Å²) in [5.41, 5.74) is 7.00. The molecule has 0 fully saturated rings. The number of aromatic nitrogens is 1. The van der Waals surface area contributed by atoms with Crippen molar-refractivity contribution in [3.63, 3.8) is 0 Å². The molecule has 0 aliphatic heterocycles. The smallest absolute Gasteiger partial charge is 0.341 e. The van der Waals surface area contributed by atoms with Crippen LogP contribution in [0.3, 0.4) is 0 Å². The quantitative estimate of drug-likeness (QED) is 0.822. The fourth-order valence-corrected chi connectivity index (χ4v) is 2.35. The highest BCUT2D eigenvalue weighted by atomic mass is 79.9. The number of carbonyl (C=O) groups excluding carboxylic acids is 1. The van der Waals surface area contributed by atoms with Gasteiger partial charge in [0.05, 0.1) is 24.7 Å². The molecule has 0 aliphatic rings. The van der Waals surface area contributed by atoms with Gasteiger partial charge in [-0.1, -0.05) is 11.6 Å². The monoisotopic (exact) mass is 355 g/mol. The third kappa shape index (κ3) is 3.20. The first-order valence-electron chi connectivity index (χ1n) is 5.57. The van der Waals surface area contributed by atoms with E-state index in [1.54, 1.807) is 18.2 Å². The van der Waals surface area contributed by atoms with Crippen molar-refractivity contribution in [3.05, 3.63) is 45.5 Å². The second-order valence-corrected chi connectivity index (χ2v) is 5.20. The number of nitrogen functional groups attached to an aromatic ring is 1. The molecule has 2 aromatic rings. The number of nitrogens with one attached hydrogen (secondary N) is 1. The Labute approximate surface area is 129 Å². The zero-order valence-corrected chi connectivity index (χ0v) is 12.8. The Morgan fingerprint density at radius 3 is 2.85 bits per heavy atom. The summed E-state index contributed by atoms with van der Waals surface area (Å²) in [5, 5.41) is 3.64. The third-order valence-electron chi connectivity index (χ3n) is 2.50. The number of halogens is 2. The molecule has 0 atom stereocenters. The van der Waals surface area contributed by atoms with Gasteiger partial charge in [0, 0.05) is 9.50 Å². The topological polar surface area (TPSA) is 77.2 Å². The molecule has 0 amide bonds. The van der Waals surface area contributed by atoms with Gasteiger partial charge in [0.25, 0.3) is 0 Å². The molecule has 0 unspecified atom stereocenters. The lowest BCUT2D eigenvalue weighted by atomic mass is 10.2. The zero-order chi connectivity index (χ0) is 14.7. The molecule has 0 saturated carbocycles. The van der Waals surface area contributed by atoms with E-state index in [4.69, 9.17) is 22.1 Å². The minimum atomic E-state index is -0.516. The lowest BCUT2D eigenvalue weighted by Gasteiger charge is -2.11. The molecule has 2 rings (SSSR count). The minimum absolute atomic E-state index is 0.259. The molecule has 0 bridgehead atoms. The Morgan fingerprint density at radius 2 is 2.20 bits per heavy atom. The largest absolute Gasteiger partial charge is 0.465 e. The summed E-state index contributed by atoms with van der Waals surface area (Å²) in [6.07, 6.45) is 1.46. The van der Waals surface area contributed by atoms with E-state index in [0.29, 0.717) is 16.5 Å². The van der Waals surface area contributed by atoms with Crippen LogP contribution in [0.5, 0.6) is 0 Å². The first-order chi connectivity index (χ1) is 9.51. The Morgan fingerprint density at radius 1 is 1.45 bits per heavy atom. The van der Waals surface area contributed by atoms with Crippen LogP contribution >= 0.6 is 27.5 Å². The van der Waals surface area contributed by atoms with Crippen LogP contribution in [0.25, 0.3) is 0 Å². The Bertz CT molecular complexity index is 664. The van der Waals surface area contributed by atoms with Gasteiger partial charge >= 0.3 is 5.97 Å². The van der Waals surface area contributed by atoms with E-state index < -0.39 is 5.97 Å². The van der Waals surface area contributed by atoms with Gasteiger partial charge in [-0.25, -0.2) is 9.78 Å². The number of anilines is 3. The number of ether oxygens (including phenoxy) is 1. The number of nitrogens with zero attached hydrogens (tertiary/aromatic N) is 1. The Balaban J connectivity index is 2.40. The van der Waals surface area contributed by atoms with Crippen LogP contribution in [0.1, 0.15) is 10.4 Å². The highest BCUT2D eigenvalue weighted by Crippen LogP contribution is 2.29. The molecule has 0 spiro atoms. The van der Waals surface area contributed by atoms with Crippen LogP contribution in [0.15, 0.2) is 34.9 Å². The summed E-state index contributed by atoms with van der Waals surface area (Å²) in [6.45, 7) is 0. The van der Waals surface area contributed by atoms with Crippen LogP contribution in [0.4, 0.5) is 17.2 Å². The average molecular weight is 357 g/mol. The van der Waals surface area contributed by atoms with Gasteiger partial charge in [-0.15, -0.1) is 0 Å². The van der Waals surface area contributed by atoms with Crippen LogP contribution in [-0.2, 0) is 4.74 Å². The van der Waals surface area contributed by atoms with E-state index in [1.807, 2.05) is 0 Å². The number of carbonyl (C=O) groups is 1. The number of pyridine rings is 1. The van der Waals surface area contributed by atoms with Gasteiger partial charge in [0.1, 0.15) is 11.4 Å². The summed E-state index contributed by atoms with van der Waals surface area (Å²) in [5.74, 6) is -0.161. The fraction of sp³-hybridized carbons (Fsp3) is 0.0769. The second kappa shape index (κ2) is 6.11.